The fourth-order valence-corrected chi connectivity index (χ4v) is 5.39. The Bertz CT molecular complexity index is 485. The van der Waals surface area contributed by atoms with E-state index in [0.717, 1.165) is 17.7 Å². The number of nitrogens with zero attached hydrogens (tertiary/aromatic N) is 1. The van der Waals surface area contributed by atoms with E-state index < -0.39 is 13.8 Å². The van der Waals surface area contributed by atoms with Crippen LogP contribution in [-0.2, 0) is 20.9 Å². The van der Waals surface area contributed by atoms with Gasteiger partial charge in [0.15, 0.2) is 0 Å². The van der Waals surface area contributed by atoms with Gasteiger partial charge in [0, 0.05) is 0 Å². The molecule has 10 radical (unpaired) electrons. The monoisotopic (exact) mass is 489 g/mol. The largest absolute Gasteiger partial charge is 2.00 e. The van der Waals surface area contributed by atoms with Crippen LogP contribution in [0, 0.1) is 62.1 Å². The molecule has 2 fully saturated rings. The van der Waals surface area contributed by atoms with E-state index in [0.29, 0.717) is 11.4 Å². The van der Waals surface area contributed by atoms with E-state index in [2.05, 4.69) is 65.3 Å². The Morgan fingerprint density at radius 1 is 1.00 bits per heavy atom. The Hall–Kier alpha value is 0.279. The van der Waals surface area contributed by atoms with Crippen LogP contribution in [-0.4, -0.2) is 38.9 Å². The molecule has 0 N–H and O–H groups in total. The summed E-state index contributed by atoms with van der Waals surface area (Å²) < 4.78 is 12.7. The molecule has 2 aliphatic rings. The van der Waals surface area contributed by atoms with E-state index in [1.165, 1.54) is 17.1 Å². The number of hydrogen-bond acceptors (Lipinski definition) is 2. The van der Waals surface area contributed by atoms with Crippen molar-refractivity contribution in [3.63, 3.8) is 0 Å². The molecule has 0 aromatic heterocycles. The van der Waals surface area contributed by atoms with E-state index in [1.807, 2.05) is 44.9 Å². The standard InChI is InChI=1S/C19H30NOSe.C5H5.Fe/c1-15(2)9-7-10-16(3)13-14-22(21)19-12-8-11-18(19)17(4)20(5)6;1-2-4-5-3-1;/h8-9,11-13,17H,7,10,14H2,1-6H3;1-5H;/q;;+2/b16-13+;;/t17-,22?;;/m0../s1. The van der Waals surface area contributed by atoms with Gasteiger partial charge in [-0.1, -0.05) is 0 Å². The number of hydrogen-bond donors (Lipinski definition) is 0. The molecule has 0 aliphatic heterocycles. The zero-order valence-corrected chi connectivity index (χ0v) is 20.9. The average Bonchev–Trinajstić information content (AvgIpc) is 3.32. The van der Waals surface area contributed by atoms with Crippen LogP contribution >= 0.6 is 0 Å². The first-order valence-electron chi connectivity index (χ1n) is 9.59. The Kier molecular flexibility index (Phi) is 16.2. The molecular weight excluding hydrogens is 453 g/mol. The Morgan fingerprint density at radius 2 is 1.57 bits per heavy atom. The van der Waals surface area contributed by atoms with Gasteiger partial charge >= 0.3 is 159 Å². The van der Waals surface area contributed by atoms with Crippen LogP contribution in [0.2, 0.25) is 5.32 Å². The van der Waals surface area contributed by atoms with Gasteiger partial charge in [0.2, 0.25) is 0 Å². The minimum Gasteiger partial charge on any atom is -0.0312 e. The Morgan fingerprint density at radius 3 is 2.07 bits per heavy atom. The molecule has 0 aromatic rings. The van der Waals surface area contributed by atoms with Crippen LogP contribution in [0.15, 0.2) is 23.3 Å². The van der Waals surface area contributed by atoms with E-state index in [9.17, 15) is 3.83 Å². The van der Waals surface area contributed by atoms with Crippen molar-refractivity contribution >= 4 is 13.8 Å². The fraction of sp³-hybridized carbons (Fsp3) is 0.417. The molecule has 2 rings (SSSR count). The van der Waals surface area contributed by atoms with Gasteiger partial charge in [0.25, 0.3) is 0 Å². The van der Waals surface area contributed by atoms with Gasteiger partial charge in [0.1, 0.15) is 0 Å². The maximum absolute atomic E-state index is 12.7. The molecule has 2 nitrogen and oxygen atoms in total. The second-order valence-corrected chi connectivity index (χ2v) is 10.4. The maximum Gasteiger partial charge on any atom is 2.00 e. The summed E-state index contributed by atoms with van der Waals surface area (Å²) in [4.78, 5) is 3.24. The van der Waals surface area contributed by atoms with E-state index in [4.69, 9.17) is 0 Å². The molecule has 0 aromatic carbocycles. The first-order chi connectivity index (χ1) is 12.8. The molecule has 4 heteroatoms. The van der Waals surface area contributed by atoms with Crippen molar-refractivity contribution < 1.29 is 20.9 Å². The SMILES string of the molecule is CC(C)=CCC/C(C)=C/C[Se](=O)[C]1[CH][CH][CH][C]1[C@H](C)N(C)C.[CH]1[CH][CH][CH][CH]1.[Fe+2]. The van der Waals surface area contributed by atoms with E-state index >= 15 is 0 Å². The van der Waals surface area contributed by atoms with Crippen LogP contribution in [0.5, 0.6) is 0 Å². The van der Waals surface area contributed by atoms with Crippen molar-refractivity contribution in [2.45, 2.75) is 51.9 Å². The Labute approximate surface area is 190 Å². The molecule has 0 amide bonds. The normalized spacial score (nSPS) is 20.3. The smallest absolute Gasteiger partial charge is 0.0312 e. The van der Waals surface area contributed by atoms with Crippen LogP contribution in [0.1, 0.15) is 40.5 Å². The van der Waals surface area contributed by atoms with Crippen molar-refractivity contribution in [3.05, 3.63) is 85.4 Å². The molecular formula is C24H35FeNOSe+2. The van der Waals surface area contributed by atoms with Crippen molar-refractivity contribution in [1.82, 2.24) is 4.90 Å². The van der Waals surface area contributed by atoms with Gasteiger partial charge in [-0.05, 0) is 32.1 Å². The van der Waals surface area contributed by atoms with Crippen molar-refractivity contribution in [3.8, 4) is 0 Å². The van der Waals surface area contributed by atoms with Gasteiger partial charge in [0.05, 0.1) is 0 Å². The quantitative estimate of drug-likeness (QED) is 0.338. The summed E-state index contributed by atoms with van der Waals surface area (Å²) in [6.07, 6.45) is 22.8. The summed E-state index contributed by atoms with van der Waals surface area (Å²) in [5, 5.41) is 0.706. The molecule has 0 saturated heterocycles. The summed E-state index contributed by atoms with van der Waals surface area (Å²) in [6.45, 7) is 8.56. The first kappa shape index (κ1) is 28.3. The van der Waals surface area contributed by atoms with Crippen LogP contribution in [0.25, 0.3) is 0 Å². The predicted molar refractivity (Wildman–Crippen MR) is 118 cm³/mol. The zero-order chi connectivity index (χ0) is 20.2. The molecule has 0 bridgehead atoms. The average molecular weight is 488 g/mol. The molecule has 2 aliphatic carbocycles. The van der Waals surface area contributed by atoms with Gasteiger partial charge in [-0.3, -0.25) is 0 Å². The van der Waals surface area contributed by atoms with Crippen LogP contribution < -0.4 is 0 Å². The molecule has 1 unspecified atom stereocenters. The van der Waals surface area contributed by atoms with E-state index in [-0.39, 0.29) is 17.1 Å². The molecule has 154 valence electrons. The van der Waals surface area contributed by atoms with Crippen LogP contribution in [0.3, 0.4) is 0 Å². The summed E-state index contributed by atoms with van der Waals surface area (Å²) >= 11 is -1.98. The topological polar surface area (TPSA) is 20.3 Å². The van der Waals surface area contributed by atoms with Gasteiger partial charge in [-0.25, -0.2) is 0 Å². The van der Waals surface area contributed by atoms with E-state index in [1.54, 1.807) is 0 Å². The zero-order valence-electron chi connectivity index (χ0n) is 18.1. The Balaban J connectivity index is 0.00000105. The molecule has 2 saturated carbocycles. The summed E-state index contributed by atoms with van der Waals surface area (Å²) in [5.41, 5.74) is 2.71. The third-order valence-corrected chi connectivity index (χ3v) is 7.30. The number of allylic oxidation sites excluding steroid dienone is 4. The summed E-state index contributed by atoms with van der Waals surface area (Å²) in [7, 11) is 4.13. The second kappa shape index (κ2) is 16.0. The molecule has 0 heterocycles. The second-order valence-electron chi connectivity index (χ2n) is 7.33. The maximum atomic E-state index is 12.7. The minimum atomic E-state index is -1.98. The molecule has 28 heavy (non-hydrogen) atoms. The summed E-state index contributed by atoms with van der Waals surface area (Å²) in [5.74, 6) is 1.22. The predicted octanol–water partition coefficient (Wildman–Crippen LogP) is 5.38. The van der Waals surface area contributed by atoms with Gasteiger partial charge in [-0.2, -0.15) is 0 Å². The molecule has 0 spiro atoms. The first-order valence-corrected chi connectivity index (χ1v) is 12.4. The third-order valence-electron chi connectivity index (χ3n) is 4.51. The van der Waals surface area contributed by atoms with Crippen LogP contribution in [0.4, 0.5) is 0 Å². The van der Waals surface area contributed by atoms with Crippen molar-refractivity contribution in [2.24, 2.45) is 0 Å². The van der Waals surface area contributed by atoms with Crippen molar-refractivity contribution in [1.29, 1.82) is 0 Å². The third kappa shape index (κ3) is 11.5. The van der Waals surface area contributed by atoms with Gasteiger partial charge in [-0.15, -0.1) is 0 Å². The fourth-order valence-electron chi connectivity index (χ4n) is 2.57. The van der Waals surface area contributed by atoms with Crippen molar-refractivity contribution in [2.75, 3.05) is 14.1 Å². The van der Waals surface area contributed by atoms with Gasteiger partial charge < -0.3 is 0 Å². The number of rotatable bonds is 8. The minimum absolute atomic E-state index is 0. The molecule has 2 atom stereocenters. The summed E-state index contributed by atoms with van der Waals surface area (Å²) in [6, 6.07) is 0.313.